The van der Waals surface area contributed by atoms with E-state index in [0.29, 0.717) is 12.5 Å². The molecule has 0 spiro atoms. The van der Waals surface area contributed by atoms with E-state index in [-0.39, 0.29) is 11.5 Å². The first kappa shape index (κ1) is 9.04. The lowest BCUT2D eigenvalue weighted by molar-refractivity contribution is 0.0946. The summed E-state index contributed by atoms with van der Waals surface area (Å²) in [6.45, 7) is 2.81. The van der Waals surface area contributed by atoms with Crippen LogP contribution in [0.5, 0.6) is 0 Å². The third kappa shape index (κ3) is 1.72. The van der Waals surface area contributed by atoms with Crippen molar-refractivity contribution in [1.29, 1.82) is 0 Å². The van der Waals surface area contributed by atoms with E-state index >= 15 is 0 Å². The Morgan fingerprint density at radius 2 is 2.00 bits per heavy atom. The van der Waals surface area contributed by atoms with Gasteiger partial charge in [0, 0.05) is 5.92 Å². The first-order valence-corrected chi connectivity index (χ1v) is 5.03. The van der Waals surface area contributed by atoms with Gasteiger partial charge in [0.05, 0.1) is 18.1 Å². The molecule has 0 N–H and O–H groups in total. The number of benzene rings is 1. The molecule has 0 aliphatic carbocycles. The maximum atomic E-state index is 6.08. The molecule has 0 radical (unpaired) electrons. The topological polar surface area (TPSA) is 9.23 Å². The predicted molar refractivity (Wildman–Crippen MR) is 53.9 cm³/mol. The molecule has 1 heterocycles. The monoisotopic (exact) mass is 196 g/mol. The molecule has 2 heteroatoms. The lowest BCUT2D eigenvalue weighted by Gasteiger charge is -2.15. The van der Waals surface area contributed by atoms with Crippen LogP contribution in [0, 0.1) is 5.92 Å². The molecule has 1 saturated heterocycles. The summed E-state index contributed by atoms with van der Waals surface area (Å²) >= 11 is 6.08. The van der Waals surface area contributed by atoms with E-state index in [1.54, 1.807) is 0 Å². The van der Waals surface area contributed by atoms with Crippen LogP contribution in [0.2, 0.25) is 0 Å². The summed E-state index contributed by atoms with van der Waals surface area (Å²) in [5.74, 6) is 0.407. The Labute approximate surface area is 83.7 Å². The molecule has 1 fully saturated rings. The normalized spacial score (nSPS) is 33.5. The second-order valence-electron chi connectivity index (χ2n) is 3.54. The van der Waals surface area contributed by atoms with Crippen molar-refractivity contribution in [2.75, 3.05) is 6.61 Å². The van der Waals surface area contributed by atoms with Crippen LogP contribution in [0.4, 0.5) is 0 Å². The fourth-order valence-electron chi connectivity index (χ4n) is 1.73. The van der Waals surface area contributed by atoms with Crippen LogP contribution in [0.1, 0.15) is 18.6 Å². The molecule has 1 aliphatic rings. The molecule has 0 aromatic heterocycles. The summed E-state index contributed by atoms with van der Waals surface area (Å²) in [6, 6.07) is 10.3. The SMILES string of the molecule is C[C@@H]1[C@@H](Cl)CO[C@H]1c1ccccc1. The van der Waals surface area contributed by atoms with E-state index in [1.165, 1.54) is 5.56 Å². The van der Waals surface area contributed by atoms with Gasteiger partial charge in [0.2, 0.25) is 0 Å². The third-order valence-corrected chi connectivity index (χ3v) is 3.13. The summed E-state index contributed by atoms with van der Waals surface area (Å²) in [7, 11) is 0. The average Bonchev–Trinajstić information content (AvgIpc) is 2.49. The van der Waals surface area contributed by atoms with Gasteiger partial charge in [-0.15, -0.1) is 11.6 Å². The minimum atomic E-state index is 0.158. The van der Waals surface area contributed by atoms with Gasteiger partial charge in [-0.2, -0.15) is 0 Å². The highest BCUT2D eigenvalue weighted by Gasteiger charge is 2.33. The van der Waals surface area contributed by atoms with E-state index in [2.05, 4.69) is 19.1 Å². The molecule has 2 rings (SSSR count). The highest BCUT2D eigenvalue weighted by Crippen LogP contribution is 2.36. The van der Waals surface area contributed by atoms with Crippen LogP contribution >= 0.6 is 11.6 Å². The fourth-order valence-corrected chi connectivity index (χ4v) is 1.94. The zero-order chi connectivity index (χ0) is 9.26. The lowest BCUT2D eigenvalue weighted by atomic mass is 9.97. The highest BCUT2D eigenvalue weighted by atomic mass is 35.5. The van der Waals surface area contributed by atoms with Gasteiger partial charge in [-0.3, -0.25) is 0 Å². The first-order valence-electron chi connectivity index (χ1n) is 4.59. The molecular weight excluding hydrogens is 184 g/mol. The molecular formula is C11H13ClO. The van der Waals surface area contributed by atoms with Gasteiger partial charge in [-0.25, -0.2) is 0 Å². The van der Waals surface area contributed by atoms with Crippen molar-refractivity contribution in [2.45, 2.75) is 18.4 Å². The molecule has 13 heavy (non-hydrogen) atoms. The Bertz CT molecular complexity index is 273. The minimum absolute atomic E-state index is 0.158. The van der Waals surface area contributed by atoms with Gasteiger partial charge in [-0.05, 0) is 5.56 Å². The quantitative estimate of drug-likeness (QED) is 0.628. The zero-order valence-corrected chi connectivity index (χ0v) is 8.37. The predicted octanol–water partition coefficient (Wildman–Crippen LogP) is 3.00. The molecule has 0 unspecified atom stereocenters. The number of alkyl halides is 1. The maximum absolute atomic E-state index is 6.08. The Morgan fingerprint density at radius 3 is 2.54 bits per heavy atom. The number of hydrogen-bond donors (Lipinski definition) is 0. The number of ether oxygens (including phenoxy) is 1. The molecule has 1 aromatic carbocycles. The van der Waals surface area contributed by atoms with Crippen molar-refractivity contribution in [1.82, 2.24) is 0 Å². The minimum Gasteiger partial charge on any atom is -0.372 e. The van der Waals surface area contributed by atoms with Gasteiger partial charge in [0.15, 0.2) is 0 Å². The summed E-state index contributed by atoms with van der Waals surface area (Å²) in [6.07, 6.45) is 0.184. The summed E-state index contributed by atoms with van der Waals surface area (Å²) in [5.41, 5.74) is 1.23. The average molecular weight is 197 g/mol. The second-order valence-corrected chi connectivity index (χ2v) is 4.10. The fraction of sp³-hybridized carbons (Fsp3) is 0.455. The molecule has 1 aliphatic heterocycles. The molecule has 3 atom stereocenters. The van der Waals surface area contributed by atoms with Crippen molar-refractivity contribution >= 4 is 11.6 Å². The van der Waals surface area contributed by atoms with Gasteiger partial charge >= 0.3 is 0 Å². The summed E-state index contributed by atoms with van der Waals surface area (Å²) in [4.78, 5) is 0. The van der Waals surface area contributed by atoms with Crippen molar-refractivity contribution in [2.24, 2.45) is 5.92 Å². The number of hydrogen-bond acceptors (Lipinski definition) is 1. The summed E-state index contributed by atoms with van der Waals surface area (Å²) in [5, 5.41) is 0.158. The van der Waals surface area contributed by atoms with Crippen molar-refractivity contribution in [3.63, 3.8) is 0 Å². The smallest absolute Gasteiger partial charge is 0.0866 e. The van der Waals surface area contributed by atoms with Crippen LogP contribution in [-0.2, 0) is 4.74 Å². The highest BCUT2D eigenvalue weighted by molar-refractivity contribution is 6.21. The molecule has 1 aromatic rings. The van der Waals surface area contributed by atoms with Gasteiger partial charge in [0.25, 0.3) is 0 Å². The Hall–Kier alpha value is -0.530. The number of rotatable bonds is 1. The van der Waals surface area contributed by atoms with Gasteiger partial charge in [-0.1, -0.05) is 37.3 Å². The Morgan fingerprint density at radius 1 is 1.31 bits per heavy atom. The molecule has 1 nitrogen and oxygen atoms in total. The van der Waals surface area contributed by atoms with Crippen LogP contribution in [-0.4, -0.2) is 12.0 Å². The zero-order valence-electron chi connectivity index (χ0n) is 7.61. The largest absolute Gasteiger partial charge is 0.372 e. The van der Waals surface area contributed by atoms with E-state index < -0.39 is 0 Å². The Kier molecular flexibility index (Phi) is 2.56. The van der Waals surface area contributed by atoms with E-state index in [1.807, 2.05) is 18.2 Å². The van der Waals surface area contributed by atoms with Crippen LogP contribution in [0.15, 0.2) is 30.3 Å². The van der Waals surface area contributed by atoms with Crippen molar-refractivity contribution < 1.29 is 4.74 Å². The van der Waals surface area contributed by atoms with Crippen molar-refractivity contribution in [3.8, 4) is 0 Å². The van der Waals surface area contributed by atoms with Crippen molar-refractivity contribution in [3.05, 3.63) is 35.9 Å². The number of halogens is 1. The van der Waals surface area contributed by atoms with Gasteiger partial charge in [0.1, 0.15) is 0 Å². The Balaban J connectivity index is 2.19. The molecule has 70 valence electrons. The van der Waals surface area contributed by atoms with Crippen LogP contribution in [0.25, 0.3) is 0 Å². The summed E-state index contributed by atoms with van der Waals surface area (Å²) < 4.78 is 5.63. The van der Waals surface area contributed by atoms with Gasteiger partial charge < -0.3 is 4.74 Å². The molecule has 0 amide bonds. The second kappa shape index (κ2) is 3.69. The molecule has 0 bridgehead atoms. The van der Waals surface area contributed by atoms with E-state index in [4.69, 9.17) is 16.3 Å². The van der Waals surface area contributed by atoms with Crippen LogP contribution in [0.3, 0.4) is 0 Å². The molecule has 0 saturated carbocycles. The van der Waals surface area contributed by atoms with E-state index in [9.17, 15) is 0 Å². The first-order chi connectivity index (χ1) is 6.29. The standard InChI is InChI=1S/C11H13ClO/c1-8-10(12)7-13-11(8)9-5-3-2-4-6-9/h2-6,8,10-11H,7H2,1H3/t8-,10+,11-/m1/s1. The lowest BCUT2D eigenvalue weighted by Crippen LogP contribution is -2.10. The van der Waals surface area contributed by atoms with Crippen LogP contribution < -0.4 is 0 Å². The third-order valence-electron chi connectivity index (χ3n) is 2.61. The maximum Gasteiger partial charge on any atom is 0.0866 e. The van der Waals surface area contributed by atoms with E-state index in [0.717, 1.165) is 0 Å².